The highest BCUT2D eigenvalue weighted by Crippen LogP contribution is 1.97. The zero-order chi connectivity index (χ0) is 8.91. The summed E-state index contributed by atoms with van der Waals surface area (Å²) < 4.78 is 41.8. The van der Waals surface area contributed by atoms with Gasteiger partial charge in [0.05, 0.1) is 16.7 Å². The molecule has 0 rings (SSSR count). The standard InChI is InChI=1S/C4H10FNO3S2/c5-11(8,9)4-2-1-3-10(6)7/h1-4,6H2. The summed E-state index contributed by atoms with van der Waals surface area (Å²) in [5.74, 6) is -0.292. The van der Waals surface area contributed by atoms with Crippen LogP contribution in [0.3, 0.4) is 0 Å². The molecule has 1 atom stereocenters. The van der Waals surface area contributed by atoms with Gasteiger partial charge in [-0.15, -0.1) is 3.89 Å². The second-order valence-electron chi connectivity index (χ2n) is 2.03. The van der Waals surface area contributed by atoms with E-state index in [0.717, 1.165) is 0 Å². The predicted molar refractivity (Wildman–Crippen MR) is 41.3 cm³/mol. The Morgan fingerprint density at radius 3 is 2.27 bits per heavy atom. The van der Waals surface area contributed by atoms with E-state index in [2.05, 4.69) is 0 Å². The van der Waals surface area contributed by atoms with Crippen molar-refractivity contribution in [3.8, 4) is 0 Å². The van der Waals surface area contributed by atoms with Gasteiger partial charge in [0.25, 0.3) is 0 Å². The average Bonchev–Trinajstić information content (AvgIpc) is 1.78. The minimum absolute atomic E-state index is 0.168. The SMILES string of the molecule is NS(=O)CCCCS(=O)(=O)F. The second-order valence-corrected chi connectivity index (χ2v) is 4.69. The molecule has 0 fully saturated rings. The molecular weight excluding hydrogens is 193 g/mol. The third-order valence-electron chi connectivity index (χ3n) is 0.984. The third-order valence-corrected chi connectivity index (χ3v) is 2.45. The molecule has 68 valence electrons. The topological polar surface area (TPSA) is 77.2 Å². The number of rotatable bonds is 5. The highest BCUT2D eigenvalue weighted by Gasteiger charge is 2.05. The lowest BCUT2D eigenvalue weighted by Crippen LogP contribution is -2.08. The Labute approximate surface area is 67.8 Å². The molecule has 0 aromatic rings. The first-order valence-electron chi connectivity index (χ1n) is 2.97. The van der Waals surface area contributed by atoms with E-state index in [1.807, 2.05) is 0 Å². The summed E-state index contributed by atoms with van der Waals surface area (Å²) in [6, 6.07) is 0. The fraction of sp³-hybridized carbons (Fsp3) is 1.00. The molecule has 0 heterocycles. The van der Waals surface area contributed by atoms with Crippen molar-refractivity contribution in [2.75, 3.05) is 11.5 Å². The molecule has 0 aliphatic carbocycles. The van der Waals surface area contributed by atoms with Crippen LogP contribution in [0.4, 0.5) is 3.89 Å². The molecule has 4 nitrogen and oxygen atoms in total. The molecule has 0 saturated heterocycles. The number of hydrogen-bond donors (Lipinski definition) is 1. The first-order chi connectivity index (χ1) is 4.92. The fourth-order valence-electron chi connectivity index (χ4n) is 0.519. The van der Waals surface area contributed by atoms with E-state index in [4.69, 9.17) is 5.14 Å². The summed E-state index contributed by atoms with van der Waals surface area (Å²) in [5.41, 5.74) is 0. The molecule has 0 aromatic carbocycles. The zero-order valence-corrected chi connectivity index (χ0v) is 7.46. The van der Waals surface area contributed by atoms with Crippen LogP contribution in [-0.4, -0.2) is 24.1 Å². The Hall–Kier alpha value is -0.0100. The molecule has 0 bridgehead atoms. The first kappa shape index (κ1) is 11.0. The zero-order valence-electron chi connectivity index (χ0n) is 5.82. The van der Waals surface area contributed by atoms with Crippen LogP contribution in [0, 0.1) is 0 Å². The molecule has 0 aliphatic rings. The van der Waals surface area contributed by atoms with Crippen LogP contribution < -0.4 is 5.14 Å². The summed E-state index contributed by atoms with van der Waals surface area (Å²) in [4.78, 5) is 0. The molecule has 0 radical (unpaired) electrons. The van der Waals surface area contributed by atoms with Gasteiger partial charge in [0, 0.05) is 5.75 Å². The number of nitrogens with two attached hydrogens (primary N) is 1. The molecule has 2 N–H and O–H groups in total. The second kappa shape index (κ2) is 4.78. The van der Waals surface area contributed by atoms with Crippen molar-refractivity contribution in [2.45, 2.75) is 12.8 Å². The van der Waals surface area contributed by atoms with Crippen molar-refractivity contribution in [1.82, 2.24) is 0 Å². The lowest BCUT2D eigenvalue weighted by molar-refractivity contribution is 0.548. The molecule has 0 amide bonds. The normalized spacial score (nSPS) is 14.7. The maximum Gasteiger partial charge on any atom is 0.302 e. The summed E-state index contributed by atoms with van der Waals surface area (Å²) in [5, 5.41) is 4.87. The molecule has 1 unspecified atom stereocenters. The van der Waals surface area contributed by atoms with E-state index in [1.54, 1.807) is 0 Å². The monoisotopic (exact) mass is 203 g/mol. The van der Waals surface area contributed by atoms with Gasteiger partial charge in [0.1, 0.15) is 0 Å². The van der Waals surface area contributed by atoms with Crippen LogP contribution in [0.1, 0.15) is 12.8 Å². The maximum absolute atomic E-state index is 11.8. The summed E-state index contributed by atoms with van der Waals surface area (Å²) in [6.45, 7) is 0. The Kier molecular flexibility index (Phi) is 4.78. The van der Waals surface area contributed by atoms with Gasteiger partial charge in [-0.25, -0.2) is 4.21 Å². The van der Waals surface area contributed by atoms with Crippen LogP contribution in [0.5, 0.6) is 0 Å². The Balaban J connectivity index is 3.37. The van der Waals surface area contributed by atoms with E-state index in [9.17, 15) is 16.5 Å². The molecule has 11 heavy (non-hydrogen) atoms. The Morgan fingerprint density at radius 1 is 1.36 bits per heavy atom. The van der Waals surface area contributed by atoms with E-state index >= 15 is 0 Å². The highest BCUT2D eigenvalue weighted by molar-refractivity contribution is 7.86. The van der Waals surface area contributed by atoms with E-state index in [-0.39, 0.29) is 12.2 Å². The quantitative estimate of drug-likeness (QED) is 0.491. The Morgan fingerprint density at radius 2 is 1.91 bits per heavy atom. The molecule has 0 aromatic heterocycles. The number of halogens is 1. The highest BCUT2D eigenvalue weighted by atomic mass is 32.3. The molecule has 0 aliphatic heterocycles. The van der Waals surface area contributed by atoms with Gasteiger partial charge in [-0.1, -0.05) is 0 Å². The number of unbranched alkanes of at least 4 members (excludes halogenated alkanes) is 1. The van der Waals surface area contributed by atoms with Crippen LogP contribution in [0.2, 0.25) is 0 Å². The van der Waals surface area contributed by atoms with Crippen molar-refractivity contribution < 1.29 is 16.5 Å². The van der Waals surface area contributed by atoms with Gasteiger partial charge in [0.2, 0.25) is 0 Å². The van der Waals surface area contributed by atoms with Gasteiger partial charge in [0.15, 0.2) is 0 Å². The first-order valence-corrected chi connectivity index (χ1v) is 5.90. The van der Waals surface area contributed by atoms with Crippen molar-refractivity contribution >= 4 is 21.2 Å². The third kappa shape index (κ3) is 9.99. The van der Waals surface area contributed by atoms with Gasteiger partial charge >= 0.3 is 10.2 Å². The van der Waals surface area contributed by atoms with Crippen molar-refractivity contribution in [3.63, 3.8) is 0 Å². The lowest BCUT2D eigenvalue weighted by Gasteiger charge is -1.94. The summed E-state index contributed by atoms with van der Waals surface area (Å²) >= 11 is 0. The molecule has 0 saturated carbocycles. The van der Waals surface area contributed by atoms with Gasteiger partial charge in [-0.05, 0) is 12.8 Å². The van der Waals surface area contributed by atoms with E-state index in [0.29, 0.717) is 6.42 Å². The minimum atomic E-state index is -4.36. The number of hydrogen-bond acceptors (Lipinski definition) is 3. The van der Waals surface area contributed by atoms with Crippen LogP contribution in [0.15, 0.2) is 0 Å². The molecule has 7 heteroatoms. The van der Waals surface area contributed by atoms with E-state index < -0.39 is 27.0 Å². The molecular formula is C4H10FNO3S2. The Bertz CT molecular complexity index is 225. The van der Waals surface area contributed by atoms with Crippen molar-refractivity contribution in [3.05, 3.63) is 0 Å². The molecule has 0 spiro atoms. The fourth-order valence-corrected chi connectivity index (χ4v) is 1.56. The van der Waals surface area contributed by atoms with Gasteiger partial charge in [-0.3, -0.25) is 5.14 Å². The minimum Gasteiger partial charge on any atom is -0.252 e. The largest absolute Gasteiger partial charge is 0.302 e. The van der Waals surface area contributed by atoms with Crippen molar-refractivity contribution in [1.29, 1.82) is 0 Å². The smallest absolute Gasteiger partial charge is 0.252 e. The summed E-state index contributed by atoms with van der Waals surface area (Å²) in [6.07, 6.45) is 0.536. The van der Waals surface area contributed by atoms with Crippen molar-refractivity contribution in [2.24, 2.45) is 5.14 Å². The maximum atomic E-state index is 11.8. The van der Waals surface area contributed by atoms with Crippen LogP contribution in [0.25, 0.3) is 0 Å². The average molecular weight is 203 g/mol. The van der Waals surface area contributed by atoms with Crippen LogP contribution in [-0.2, 0) is 21.2 Å². The summed E-state index contributed by atoms with van der Waals surface area (Å²) in [7, 11) is -5.77. The predicted octanol–water partition coefficient (Wildman–Crippen LogP) is -0.312. The van der Waals surface area contributed by atoms with Gasteiger partial charge < -0.3 is 0 Å². The van der Waals surface area contributed by atoms with E-state index in [1.165, 1.54) is 0 Å². The lowest BCUT2D eigenvalue weighted by atomic mass is 10.4. The van der Waals surface area contributed by atoms with Crippen LogP contribution >= 0.6 is 0 Å². The van der Waals surface area contributed by atoms with Gasteiger partial charge in [-0.2, -0.15) is 8.42 Å².